The lowest BCUT2D eigenvalue weighted by atomic mass is 9.99. The SMILES string of the molecule is CCC(C)CCCCCCCCCCCCC(=O)OC[C@@H](COC(=O)CCCCCCCCCCCCCCC(C)C)OC(=O)CCCCCCCCCCCCC(C)C. The van der Waals surface area contributed by atoms with E-state index in [-0.39, 0.29) is 31.1 Å². The summed E-state index contributed by atoms with van der Waals surface area (Å²) in [6.45, 7) is 13.7. The van der Waals surface area contributed by atoms with E-state index in [1.807, 2.05) is 0 Å². The molecule has 0 heterocycles. The van der Waals surface area contributed by atoms with Crippen LogP contribution in [0, 0.1) is 17.8 Å². The summed E-state index contributed by atoms with van der Waals surface area (Å²) < 4.78 is 16.8. The number of ether oxygens (including phenoxy) is 3. The van der Waals surface area contributed by atoms with Gasteiger partial charge in [0, 0.05) is 19.3 Å². The van der Waals surface area contributed by atoms with E-state index in [0.717, 1.165) is 75.5 Å². The normalized spacial score (nSPS) is 12.6. The Labute approximate surface area is 374 Å². The molecule has 0 radical (unpaired) electrons. The van der Waals surface area contributed by atoms with Crippen molar-refractivity contribution in [1.82, 2.24) is 0 Å². The third-order valence-electron chi connectivity index (χ3n) is 12.5. The summed E-state index contributed by atoms with van der Waals surface area (Å²) >= 11 is 0. The van der Waals surface area contributed by atoms with Gasteiger partial charge >= 0.3 is 17.9 Å². The average Bonchev–Trinajstić information content (AvgIpc) is 3.22. The third-order valence-corrected chi connectivity index (χ3v) is 12.5. The largest absolute Gasteiger partial charge is 0.462 e. The Morgan fingerprint density at radius 3 is 0.867 bits per heavy atom. The fourth-order valence-electron chi connectivity index (χ4n) is 8.08. The van der Waals surface area contributed by atoms with Crippen LogP contribution in [0.5, 0.6) is 0 Å². The van der Waals surface area contributed by atoms with Crippen molar-refractivity contribution in [3.63, 3.8) is 0 Å². The molecule has 2 atom stereocenters. The summed E-state index contributed by atoms with van der Waals surface area (Å²) in [5.74, 6) is 1.67. The van der Waals surface area contributed by atoms with Crippen molar-refractivity contribution in [3.05, 3.63) is 0 Å². The minimum Gasteiger partial charge on any atom is -0.462 e. The van der Waals surface area contributed by atoms with Crippen molar-refractivity contribution in [2.45, 2.75) is 298 Å². The van der Waals surface area contributed by atoms with Crippen LogP contribution >= 0.6 is 0 Å². The van der Waals surface area contributed by atoms with E-state index in [4.69, 9.17) is 14.2 Å². The fraction of sp³-hybridized carbons (Fsp3) is 0.944. The van der Waals surface area contributed by atoms with Crippen molar-refractivity contribution in [3.8, 4) is 0 Å². The molecular weight excluding hydrogens is 745 g/mol. The van der Waals surface area contributed by atoms with Gasteiger partial charge in [-0.3, -0.25) is 14.4 Å². The molecule has 356 valence electrons. The van der Waals surface area contributed by atoms with E-state index in [1.54, 1.807) is 0 Å². The fourth-order valence-corrected chi connectivity index (χ4v) is 8.08. The van der Waals surface area contributed by atoms with Gasteiger partial charge in [0.15, 0.2) is 6.10 Å². The third kappa shape index (κ3) is 45.9. The van der Waals surface area contributed by atoms with Gasteiger partial charge in [-0.05, 0) is 37.0 Å². The highest BCUT2D eigenvalue weighted by Crippen LogP contribution is 2.18. The van der Waals surface area contributed by atoms with Gasteiger partial charge in [-0.2, -0.15) is 0 Å². The van der Waals surface area contributed by atoms with Crippen LogP contribution in [0.2, 0.25) is 0 Å². The summed E-state index contributed by atoms with van der Waals surface area (Å²) in [6.07, 6.45) is 45.1. The molecule has 1 unspecified atom stereocenters. The molecule has 6 heteroatoms. The van der Waals surface area contributed by atoms with E-state index in [2.05, 4.69) is 41.5 Å². The summed E-state index contributed by atoms with van der Waals surface area (Å²) in [7, 11) is 0. The second-order valence-electron chi connectivity index (χ2n) is 19.7. The Bertz CT molecular complexity index is 931. The minimum absolute atomic E-state index is 0.0646. The van der Waals surface area contributed by atoms with E-state index in [1.165, 1.54) is 173 Å². The summed E-state index contributed by atoms with van der Waals surface area (Å²) in [5.41, 5.74) is 0. The molecule has 6 nitrogen and oxygen atoms in total. The highest BCUT2D eigenvalue weighted by atomic mass is 16.6. The zero-order valence-electron chi connectivity index (χ0n) is 41.3. The van der Waals surface area contributed by atoms with Gasteiger partial charge in [-0.15, -0.1) is 0 Å². The van der Waals surface area contributed by atoms with Crippen LogP contribution in [0.15, 0.2) is 0 Å². The molecule has 0 rings (SSSR count). The number of hydrogen-bond acceptors (Lipinski definition) is 6. The van der Waals surface area contributed by atoms with Gasteiger partial charge in [0.1, 0.15) is 13.2 Å². The number of hydrogen-bond donors (Lipinski definition) is 0. The lowest BCUT2D eigenvalue weighted by molar-refractivity contribution is -0.167. The van der Waals surface area contributed by atoms with Crippen molar-refractivity contribution >= 4 is 17.9 Å². The first-order valence-electron chi connectivity index (χ1n) is 26.6. The van der Waals surface area contributed by atoms with Crippen LogP contribution in [0.25, 0.3) is 0 Å². The highest BCUT2D eigenvalue weighted by Gasteiger charge is 2.19. The Morgan fingerprint density at radius 2 is 0.583 bits per heavy atom. The van der Waals surface area contributed by atoms with E-state index in [9.17, 15) is 14.4 Å². The maximum Gasteiger partial charge on any atom is 0.306 e. The lowest BCUT2D eigenvalue weighted by Gasteiger charge is -2.18. The molecule has 0 aromatic heterocycles. The van der Waals surface area contributed by atoms with Crippen molar-refractivity contribution < 1.29 is 28.6 Å². The predicted molar refractivity (Wildman–Crippen MR) is 256 cm³/mol. The lowest BCUT2D eigenvalue weighted by Crippen LogP contribution is -2.30. The van der Waals surface area contributed by atoms with Gasteiger partial charge in [0.05, 0.1) is 0 Å². The van der Waals surface area contributed by atoms with Crippen molar-refractivity contribution in [2.75, 3.05) is 13.2 Å². The van der Waals surface area contributed by atoms with Gasteiger partial charge in [0.2, 0.25) is 0 Å². The van der Waals surface area contributed by atoms with Crippen molar-refractivity contribution in [2.24, 2.45) is 17.8 Å². The first-order valence-corrected chi connectivity index (χ1v) is 26.6. The molecule has 0 aliphatic rings. The molecule has 0 N–H and O–H groups in total. The standard InChI is InChI=1S/C54H104O6/c1-7-50(6)42-36-30-24-18-13-15-20-26-32-38-44-53(56)59-47-51(60-54(57)45-39-33-27-21-14-12-17-23-29-35-41-49(4)5)46-58-52(55)43-37-31-25-19-11-9-8-10-16-22-28-34-40-48(2)3/h48-51H,7-47H2,1-6H3/t50?,51-/m1/s1. The first kappa shape index (κ1) is 58.4. The zero-order chi connectivity index (χ0) is 44.2. The summed E-state index contributed by atoms with van der Waals surface area (Å²) in [6, 6.07) is 0. The molecule has 0 saturated heterocycles. The van der Waals surface area contributed by atoms with Crippen LogP contribution in [0.1, 0.15) is 292 Å². The smallest absolute Gasteiger partial charge is 0.306 e. The van der Waals surface area contributed by atoms with Crippen LogP contribution < -0.4 is 0 Å². The predicted octanol–water partition coefficient (Wildman–Crippen LogP) is 17.2. The molecule has 60 heavy (non-hydrogen) atoms. The minimum atomic E-state index is -0.763. The molecule has 0 aromatic rings. The van der Waals surface area contributed by atoms with Crippen LogP contribution in [0.4, 0.5) is 0 Å². The van der Waals surface area contributed by atoms with Gasteiger partial charge in [-0.1, -0.05) is 253 Å². The molecule has 0 amide bonds. The molecule has 0 fully saturated rings. The molecule has 0 aliphatic heterocycles. The van der Waals surface area contributed by atoms with E-state index in [0.29, 0.717) is 19.3 Å². The Hall–Kier alpha value is -1.59. The highest BCUT2D eigenvalue weighted by molar-refractivity contribution is 5.71. The summed E-state index contributed by atoms with van der Waals surface area (Å²) in [4.78, 5) is 38.0. The molecule has 0 saturated carbocycles. The number of carbonyl (C=O) groups is 3. The topological polar surface area (TPSA) is 78.9 Å². The number of carbonyl (C=O) groups excluding carboxylic acids is 3. The van der Waals surface area contributed by atoms with Crippen molar-refractivity contribution in [1.29, 1.82) is 0 Å². The number of rotatable bonds is 47. The van der Waals surface area contributed by atoms with E-state index < -0.39 is 6.10 Å². The average molecular weight is 849 g/mol. The van der Waals surface area contributed by atoms with Gasteiger partial charge in [-0.25, -0.2) is 0 Å². The second-order valence-corrected chi connectivity index (χ2v) is 19.7. The number of esters is 3. The second kappa shape index (κ2) is 45.4. The molecule has 0 aromatic carbocycles. The summed E-state index contributed by atoms with van der Waals surface area (Å²) in [5, 5.41) is 0. The molecule has 0 spiro atoms. The Balaban J connectivity index is 4.33. The Kier molecular flexibility index (Phi) is 44.2. The molecule has 0 aliphatic carbocycles. The van der Waals surface area contributed by atoms with E-state index >= 15 is 0 Å². The Morgan fingerprint density at radius 1 is 0.333 bits per heavy atom. The van der Waals surface area contributed by atoms with Gasteiger partial charge in [0.25, 0.3) is 0 Å². The first-order chi connectivity index (χ1) is 29.1. The maximum atomic E-state index is 12.8. The quantitative estimate of drug-likeness (QED) is 0.0345. The van der Waals surface area contributed by atoms with Gasteiger partial charge < -0.3 is 14.2 Å². The molecule has 0 bridgehead atoms. The monoisotopic (exact) mass is 849 g/mol. The van der Waals surface area contributed by atoms with Crippen LogP contribution in [-0.4, -0.2) is 37.2 Å². The maximum absolute atomic E-state index is 12.8. The van der Waals surface area contributed by atoms with Crippen LogP contribution in [-0.2, 0) is 28.6 Å². The zero-order valence-corrected chi connectivity index (χ0v) is 41.3. The van der Waals surface area contributed by atoms with Crippen LogP contribution in [0.3, 0.4) is 0 Å². The number of unbranched alkanes of at least 4 members (excludes halogenated alkanes) is 29. The molecular formula is C54H104O6.